The van der Waals surface area contributed by atoms with Crippen LogP contribution in [0.25, 0.3) is 11.3 Å². The van der Waals surface area contributed by atoms with Crippen molar-refractivity contribution in [2.24, 2.45) is 0 Å². The van der Waals surface area contributed by atoms with Crippen LogP contribution in [0, 0.1) is 0 Å². The van der Waals surface area contributed by atoms with Crippen LogP contribution in [-0.2, 0) is 13.0 Å². The number of aromatic carboxylic acids is 1. The van der Waals surface area contributed by atoms with E-state index in [1.54, 1.807) is 6.07 Å². The molecule has 0 aliphatic heterocycles. The zero-order valence-corrected chi connectivity index (χ0v) is 10.7. The lowest BCUT2D eigenvalue weighted by Crippen LogP contribution is -2.08. The maximum absolute atomic E-state index is 11.2. The number of carbonyl (C=O) groups is 1. The molecule has 0 aliphatic rings. The average Bonchev–Trinajstić information content (AvgIpc) is 2.82. The smallest absolute Gasteiger partial charge is 0.352 e. The molecule has 18 heavy (non-hydrogen) atoms. The van der Waals surface area contributed by atoms with Crippen LogP contribution in [0.4, 0.5) is 0 Å². The van der Waals surface area contributed by atoms with E-state index in [1.165, 1.54) is 5.56 Å². The van der Waals surface area contributed by atoms with E-state index in [-0.39, 0.29) is 0 Å². The highest BCUT2D eigenvalue weighted by Crippen LogP contribution is 2.26. The molecule has 2 aromatic rings. The minimum atomic E-state index is -0.878. The molecule has 0 bridgehead atoms. The van der Waals surface area contributed by atoms with E-state index in [0.29, 0.717) is 12.2 Å². The summed E-state index contributed by atoms with van der Waals surface area (Å²) in [6, 6.07) is 11.7. The van der Waals surface area contributed by atoms with Gasteiger partial charge in [0.05, 0.1) is 0 Å². The van der Waals surface area contributed by atoms with Gasteiger partial charge in [-0.25, -0.2) is 4.79 Å². The second-order valence-electron chi connectivity index (χ2n) is 4.16. The Bertz CT molecular complexity index is 570. The van der Waals surface area contributed by atoms with Crippen molar-refractivity contribution in [3.8, 4) is 11.3 Å². The molecule has 1 aromatic heterocycles. The summed E-state index contributed by atoms with van der Waals surface area (Å²) in [6.07, 6.45) is 0.938. The summed E-state index contributed by atoms with van der Waals surface area (Å²) in [5.41, 5.74) is 3.68. The Morgan fingerprint density at radius 3 is 2.50 bits per heavy atom. The Morgan fingerprint density at radius 1 is 1.17 bits per heavy atom. The van der Waals surface area contributed by atoms with Crippen LogP contribution in [0.3, 0.4) is 0 Å². The summed E-state index contributed by atoms with van der Waals surface area (Å²) in [7, 11) is 0. The van der Waals surface area contributed by atoms with E-state index < -0.39 is 5.97 Å². The van der Waals surface area contributed by atoms with Gasteiger partial charge in [-0.15, -0.1) is 0 Å². The Hall–Kier alpha value is -2.03. The number of hydrogen-bond donors (Lipinski definition) is 1. The second kappa shape index (κ2) is 5.08. The zero-order chi connectivity index (χ0) is 13.1. The zero-order valence-electron chi connectivity index (χ0n) is 10.7. The number of rotatable bonds is 4. The van der Waals surface area contributed by atoms with Crippen molar-refractivity contribution >= 4 is 5.97 Å². The Balaban J connectivity index is 2.61. The molecule has 0 fully saturated rings. The van der Waals surface area contributed by atoms with E-state index >= 15 is 0 Å². The Labute approximate surface area is 107 Å². The third kappa shape index (κ3) is 2.04. The number of nitrogens with zero attached hydrogens (tertiary/aromatic N) is 1. The molecule has 0 spiro atoms. The lowest BCUT2D eigenvalue weighted by Gasteiger charge is -2.12. The topological polar surface area (TPSA) is 42.2 Å². The van der Waals surface area contributed by atoms with Crippen LogP contribution >= 0.6 is 0 Å². The van der Waals surface area contributed by atoms with Crippen molar-refractivity contribution in [2.45, 2.75) is 26.8 Å². The van der Waals surface area contributed by atoms with Gasteiger partial charge in [-0.2, -0.15) is 0 Å². The molecule has 1 N–H and O–H groups in total. The molecule has 2 rings (SSSR count). The summed E-state index contributed by atoms with van der Waals surface area (Å²) >= 11 is 0. The highest BCUT2D eigenvalue weighted by Gasteiger charge is 2.15. The van der Waals surface area contributed by atoms with Crippen LogP contribution in [0.15, 0.2) is 36.4 Å². The predicted molar refractivity (Wildman–Crippen MR) is 71.9 cm³/mol. The predicted octanol–water partition coefficient (Wildman–Crippen LogP) is 3.44. The monoisotopic (exact) mass is 243 g/mol. The van der Waals surface area contributed by atoms with Crippen LogP contribution in [0.2, 0.25) is 0 Å². The van der Waals surface area contributed by atoms with Gasteiger partial charge in [0.2, 0.25) is 0 Å². The number of benzene rings is 1. The number of hydrogen-bond acceptors (Lipinski definition) is 1. The van der Waals surface area contributed by atoms with Crippen LogP contribution < -0.4 is 0 Å². The van der Waals surface area contributed by atoms with Gasteiger partial charge in [0.25, 0.3) is 0 Å². The molecule has 0 amide bonds. The maximum atomic E-state index is 11.2. The highest BCUT2D eigenvalue weighted by molar-refractivity contribution is 5.87. The quantitative estimate of drug-likeness (QED) is 0.893. The van der Waals surface area contributed by atoms with Gasteiger partial charge < -0.3 is 9.67 Å². The van der Waals surface area contributed by atoms with Crippen LogP contribution in [-0.4, -0.2) is 15.6 Å². The third-order valence-corrected chi connectivity index (χ3v) is 3.19. The van der Waals surface area contributed by atoms with Gasteiger partial charge in [0.15, 0.2) is 0 Å². The highest BCUT2D eigenvalue weighted by atomic mass is 16.4. The van der Waals surface area contributed by atoms with E-state index in [4.69, 9.17) is 5.11 Å². The van der Waals surface area contributed by atoms with Gasteiger partial charge in [0, 0.05) is 17.8 Å². The lowest BCUT2D eigenvalue weighted by molar-refractivity contribution is 0.0685. The molecule has 0 saturated carbocycles. The molecular weight excluding hydrogens is 226 g/mol. The van der Waals surface area contributed by atoms with Crippen molar-refractivity contribution < 1.29 is 9.90 Å². The van der Waals surface area contributed by atoms with E-state index in [1.807, 2.05) is 35.8 Å². The molecule has 3 nitrogen and oxygen atoms in total. The van der Waals surface area contributed by atoms with Gasteiger partial charge in [0.1, 0.15) is 5.69 Å². The number of aromatic nitrogens is 1. The fourth-order valence-corrected chi connectivity index (χ4v) is 2.31. The van der Waals surface area contributed by atoms with Crippen LogP contribution in [0.5, 0.6) is 0 Å². The van der Waals surface area contributed by atoms with Crippen molar-refractivity contribution in [2.75, 3.05) is 0 Å². The van der Waals surface area contributed by atoms with Gasteiger partial charge in [-0.1, -0.05) is 31.2 Å². The average molecular weight is 243 g/mol. The number of carboxylic acid groups (broad SMARTS) is 1. The summed E-state index contributed by atoms with van der Waals surface area (Å²) in [6.45, 7) is 4.72. The SMILES string of the molecule is CCc1ccccc1-c1ccc(C(=O)O)n1CC. The normalized spacial score (nSPS) is 10.6. The maximum Gasteiger partial charge on any atom is 0.352 e. The summed E-state index contributed by atoms with van der Waals surface area (Å²) in [5, 5.41) is 9.16. The molecular formula is C15H17NO2. The molecule has 0 saturated heterocycles. The van der Waals surface area contributed by atoms with Gasteiger partial charge in [-0.05, 0) is 31.0 Å². The van der Waals surface area contributed by atoms with Crippen molar-refractivity contribution in [3.05, 3.63) is 47.7 Å². The van der Waals surface area contributed by atoms with Gasteiger partial charge in [-0.3, -0.25) is 0 Å². The van der Waals surface area contributed by atoms with E-state index in [9.17, 15) is 4.79 Å². The Morgan fingerprint density at radius 2 is 1.89 bits per heavy atom. The summed E-state index contributed by atoms with van der Waals surface area (Å²) < 4.78 is 1.84. The fraction of sp³-hybridized carbons (Fsp3) is 0.267. The van der Waals surface area contributed by atoms with E-state index in [0.717, 1.165) is 17.7 Å². The molecule has 0 radical (unpaired) electrons. The lowest BCUT2D eigenvalue weighted by atomic mass is 10.0. The second-order valence-corrected chi connectivity index (χ2v) is 4.16. The summed E-state index contributed by atoms with van der Waals surface area (Å²) in [4.78, 5) is 11.2. The first kappa shape index (κ1) is 12.4. The first-order chi connectivity index (χ1) is 8.69. The molecule has 1 aromatic carbocycles. The minimum absolute atomic E-state index is 0.346. The van der Waals surface area contributed by atoms with Crippen molar-refractivity contribution in [3.63, 3.8) is 0 Å². The largest absolute Gasteiger partial charge is 0.477 e. The standard InChI is InChI=1S/C15H17NO2/c1-3-11-7-5-6-8-12(11)13-9-10-14(15(17)18)16(13)4-2/h5-10H,3-4H2,1-2H3,(H,17,18). The fourth-order valence-electron chi connectivity index (χ4n) is 2.31. The minimum Gasteiger partial charge on any atom is -0.477 e. The van der Waals surface area contributed by atoms with Crippen LogP contribution in [0.1, 0.15) is 29.9 Å². The molecule has 3 heteroatoms. The van der Waals surface area contributed by atoms with E-state index in [2.05, 4.69) is 13.0 Å². The first-order valence-electron chi connectivity index (χ1n) is 6.20. The Kier molecular flexibility index (Phi) is 3.51. The number of carboxylic acids is 1. The molecule has 1 heterocycles. The molecule has 0 unspecified atom stereocenters. The number of aryl methyl sites for hydroxylation is 1. The summed E-state index contributed by atoms with van der Waals surface area (Å²) in [5.74, 6) is -0.878. The van der Waals surface area contributed by atoms with Gasteiger partial charge >= 0.3 is 5.97 Å². The molecule has 0 atom stereocenters. The third-order valence-electron chi connectivity index (χ3n) is 3.19. The van der Waals surface area contributed by atoms with Crippen molar-refractivity contribution in [1.82, 2.24) is 4.57 Å². The van der Waals surface area contributed by atoms with Crippen molar-refractivity contribution in [1.29, 1.82) is 0 Å². The molecule has 94 valence electrons. The first-order valence-corrected chi connectivity index (χ1v) is 6.20. The molecule has 0 aliphatic carbocycles.